The lowest BCUT2D eigenvalue weighted by molar-refractivity contribution is -0.123. The van der Waals surface area contributed by atoms with Crippen LogP contribution in [0.3, 0.4) is 0 Å². The van der Waals surface area contributed by atoms with Gasteiger partial charge in [-0.2, -0.15) is 0 Å². The second-order valence-electron chi connectivity index (χ2n) is 4.84. The van der Waals surface area contributed by atoms with E-state index in [1.165, 1.54) is 12.1 Å². The highest BCUT2D eigenvalue weighted by Crippen LogP contribution is 2.15. The normalized spacial score (nSPS) is 10.2. The van der Waals surface area contributed by atoms with Gasteiger partial charge in [-0.25, -0.2) is 4.39 Å². The van der Waals surface area contributed by atoms with Crippen molar-refractivity contribution in [2.45, 2.75) is 12.8 Å². The van der Waals surface area contributed by atoms with Crippen LogP contribution in [-0.4, -0.2) is 24.2 Å². The molecule has 0 aliphatic rings. The number of benzene rings is 2. The second-order valence-corrected chi connectivity index (χ2v) is 4.84. The molecule has 22 heavy (non-hydrogen) atoms. The number of hydrogen-bond acceptors (Lipinski definition) is 3. The van der Waals surface area contributed by atoms with Gasteiger partial charge in [-0.05, 0) is 42.7 Å². The van der Waals surface area contributed by atoms with Crippen molar-refractivity contribution >= 4 is 5.91 Å². The Morgan fingerprint density at radius 1 is 1.14 bits per heavy atom. The Labute approximate surface area is 128 Å². The number of aromatic hydroxyl groups is 1. The third-order valence-corrected chi connectivity index (χ3v) is 3.10. The minimum Gasteiger partial charge on any atom is -0.508 e. The molecule has 116 valence electrons. The molecular weight excluding hydrogens is 285 g/mol. The molecule has 0 aliphatic carbocycles. The zero-order chi connectivity index (χ0) is 15.8. The molecule has 2 aromatic rings. The molecule has 0 fully saturated rings. The minimum atomic E-state index is -0.484. The number of aryl methyl sites for hydroxylation is 1. The Morgan fingerprint density at radius 2 is 1.86 bits per heavy atom. The van der Waals surface area contributed by atoms with Crippen LogP contribution < -0.4 is 10.1 Å². The number of halogens is 1. The first-order valence-corrected chi connectivity index (χ1v) is 7.07. The van der Waals surface area contributed by atoms with Crippen LogP contribution in [0.5, 0.6) is 11.5 Å². The Hall–Kier alpha value is -2.56. The smallest absolute Gasteiger partial charge is 0.257 e. The largest absolute Gasteiger partial charge is 0.508 e. The highest BCUT2D eigenvalue weighted by atomic mass is 19.1. The van der Waals surface area contributed by atoms with Gasteiger partial charge in [0.25, 0.3) is 5.91 Å². The molecule has 5 heteroatoms. The maximum Gasteiger partial charge on any atom is 0.257 e. The van der Waals surface area contributed by atoms with Crippen LogP contribution in [0.25, 0.3) is 0 Å². The van der Waals surface area contributed by atoms with Crippen LogP contribution >= 0.6 is 0 Å². The molecule has 0 saturated carbocycles. The van der Waals surface area contributed by atoms with E-state index in [4.69, 9.17) is 4.74 Å². The number of carbonyl (C=O) groups excluding carboxylic acids is 1. The summed E-state index contributed by atoms with van der Waals surface area (Å²) in [6.45, 7) is 0.306. The Balaban J connectivity index is 1.64. The summed E-state index contributed by atoms with van der Waals surface area (Å²) >= 11 is 0. The van der Waals surface area contributed by atoms with Crippen molar-refractivity contribution in [2.24, 2.45) is 0 Å². The van der Waals surface area contributed by atoms with Crippen molar-refractivity contribution in [3.05, 3.63) is 59.9 Å². The summed E-state index contributed by atoms with van der Waals surface area (Å²) in [7, 11) is 0. The van der Waals surface area contributed by atoms with Crippen LogP contribution in [0.15, 0.2) is 48.5 Å². The van der Waals surface area contributed by atoms with E-state index >= 15 is 0 Å². The monoisotopic (exact) mass is 303 g/mol. The number of nitrogens with one attached hydrogen (secondary N) is 1. The van der Waals surface area contributed by atoms with E-state index < -0.39 is 5.82 Å². The third-order valence-electron chi connectivity index (χ3n) is 3.10. The summed E-state index contributed by atoms with van der Waals surface area (Å²) in [6.07, 6.45) is 1.57. The molecule has 4 nitrogen and oxygen atoms in total. The highest BCUT2D eigenvalue weighted by Gasteiger charge is 2.05. The van der Waals surface area contributed by atoms with Gasteiger partial charge in [0.15, 0.2) is 18.2 Å². The fourth-order valence-electron chi connectivity index (χ4n) is 1.94. The maximum absolute atomic E-state index is 13.3. The van der Waals surface area contributed by atoms with Crippen molar-refractivity contribution in [1.29, 1.82) is 0 Å². The van der Waals surface area contributed by atoms with E-state index in [9.17, 15) is 14.3 Å². The second kappa shape index (κ2) is 8.02. The molecule has 0 bridgehead atoms. The lowest BCUT2D eigenvalue weighted by Gasteiger charge is -2.08. The molecule has 0 aliphatic heterocycles. The molecule has 2 aromatic carbocycles. The Morgan fingerprint density at radius 3 is 2.59 bits per heavy atom. The number of phenolic OH excluding ortho intramolecular Hbond substituents is 1. The van der Waals surface area contributed by atoms with Crippen molar-refractivity contribution < 1.29 is 19.0 Å². The van der Waals surface area contributed by atoms with E-state index in [-0.39, 0.29) is 24.0 Å². The number of ether oxygens (including phenoxy) is 1. The van der Waals surface area contributed by atoms with Gasteiger partial charge >= 0.3 is 0 Å². The lowest BCUT2D eigenvalue weighted by atomic mass is 10.1. The van der Waals surface area contributed by atoms with Gasteiger partial charge in [0.1, 0.15) is 5.75 Å². The fraction of sp³-hybridized carbons (Fsp3) is 0.235. The summed E-state index contributed by atoms with van der Waals surface area (Å²) in [5, 5.41) is 11.9. The quantitative estimate of drug-likeness (QED) is 0.773. The van der Waals surface area contributed by atoms with Gasteiger partial charge in [0.2, 0.25) is 0 Å². The number of para-hydroxylation sites is 1. The summed E-state index contributed by atoms with van der Waals surface area (Å²) in [5.74, 6) is -0.458. The standard InChI is InChI=1S/C17H18FNO3/c18-15-5-1-2-6-16(15)22-12-17(21)19-11-3-4-13-7-9-14(20)10-8-13/h1-2,5-10,20H,3-4,11-12H2,(H,19,21). The SMILES string of the molecule is O=C(COc1ccccc1F)NCCCc1ccc(O)cc1. The molecule has 0 heterocycles. The van der Waals surface area contributed by atoms with Crippen LogP contribution in [0.4, 0.5) is 4.39 Å². The third kappa shape index (κ3) is 5.09. The van der Waals surface area contributed by atoms with Crippen molar-refractivity contribution in [3.63, 3.8) is 0 Å². The average molecular weight is 303 g/mol. The van der Waals surface area contributed by atoms with Crippen LogP contribution in [0.2, 0.25) is 0 Å². The first-order chi connectivity index (χ1) is 10.6. The van der Waals surface area contributed by atoms with E-state index in [0.717, 1.165) is 18.4 Å². The van der Waals surface area contributed by atoms with Crippen LogP contribution in [0.1, 0.15) is 12.0 Å². The first-order valence-electron chi connectivity index (χ1n) is 7.07. The molecular formula is C17H18FNO3. The van der Waals surface area contributed by atoms with Crippen LogP contribution in [0, 0.1) is 5.82 Å². The van der Waals surface area contributed by atoms with Crippen LogP contribution in [-0.2, 0) is 11.2 Å². The summed E-state index contributed by atoms with van der Waals surface area (Å²) in [6, 6.07) is 12.9. The van der Waals surface area contributed by atoms with Crippen molar-refractivity contribution in [1.82, 2.24) is 5.32 Å². The molecule has 0 radical (unpaired) electrons. The molecule has 0 saturated heterocycles. The molecule has 0 aromatic heterocycles. The molecule has 0 unspecified atom stereocenters. The van der Waals surface area contributed by atoms with E-state index in [1.807, 2.05) is 12.1 Å². The van der Waals surface area contributed by atoms with E-state index in [0.29, 0.717) is 6.54 Å². The molecule has 0 spiro atoms. The van der Waals surface area contributed by atoms with Gasteiger partial charge in [-0.3, -0.25) is 4.79 Å². The van der Waals surface area contributed by atoms with Gasteiger partial charge in [-0.15, -0.1) is 0 Å². The molecule has 2 rings (SSSR count). The zero-order valence-corrected chi connectivity index (χ0v) is 12.1. The number of phenols is 1. The molecule has 0 atom stereocenters. The average Bonchev–Trinajstić information content (AvgIpc) is 2.52. The van der Waals surface area contributed by atoms with Crippen molar-refractivity contribution in [3.8, 4) is 11.5 Å². The molecule has 2 N–H and O–H groups in total. The topological polar surface area (TPSA) is 58.6 Å². The zero-order valence-electron chi connectivity index (χ0n) is 12.1. The maximum atomic E-state index is 13.3. The number of amides is 1. The number of carbonyl (C=O) groups is 1. The predicted molar refractivity (Wildman–Crippen MR) is 81.3 cm³/mol. The number of hydrogen-bond donors (Lipinski definition) is 2. The van der Waals surface area contributed by atoms with E-state index in [2.05, 4.69) is 5.32 Å². The Kier molecular flexibility index (Phi) is 5.77. The fourth-order valence-corrected chi connectivity index (χ4v) is 1.94. The lowest BCUT2D eigenvalue weighted by Crippen LogP contribution is -2.30. The summed E-state index contributed by atoms with van der Waals surface area (Å²) in [4.78, 5) is 11.6. The summed E-state index contributed by atoms with van der Waals surface area (Å²) in [5.41, 5.74) is 1.09. The van der Waals surface area contributed by atoms with Gasteiger partial charge in [0.05, 0.1) is 0 Å². The molecule has 1 amide bonds. The Bertz CT molecular complexity index is 614. The van der Waals surface area contributed by atoms with Crippen molar-refractivity contribution in [2.75, 3.05) is 13.2 Å². The van der Waals surface area contributed by atoms with E-state index in [1.54, 1.807) is 24.3 Å². The first kappa shape index (κ1) is 15.8. The summed E-state index contributed by atoms with van der Waals surface area (Å²) < 4.78 is 18.4. The van der Waals surface area contributed by atoms with Gasteiger partial charge in [-0.1, -0.05) is 24.3 Å². The highest BCUT2D eigenvalue weighted by molar-refractivity contribution is 5.77. The number of rotatable bonds is 7. The van der Waals surface area contributed by atoms with Gasteiger partial charge in [0, 0.05) is 6.54 Å². The minimum absolute atomic E-state index is 0.0711. The predicted octanol–water partition coefficient (Wildman–Crippen LogP) is 2.66. The van der Waals surface area contributed by atoms with Gasteiger partial charge < -0.3 is 15.2 Å².